The summed E-state index contributed by atoms with van der Waals surface area (Å²) in [4.78, 5) is 22.0. The van der Waals surface area contributed by atoms with E-state index >= 15 is 0 Å². The molecule has 0 fully saturated rings. The fraction of sp³-hybridized carbons (Fsp3) is 0.118. The number of nitro groups is 1. The summed E-state index contributed by atoms with van der Waals surface area (Å²) in [5.41, 5.74) is 1.14. The van der Waals surface area contributed by atoms with Crippen LogP contribution < -0.4 is 5.32 Å². The Morgan fingerprint density at radius 3 is 2.48 bits per heavy atom. The van der Waals surface area contributed by atoms with Gasteiger partial charge in [-0.15, -0.1) is 6.58 Å². The van der Waals surface area contributed by atoms with Crippen LogP contribution in [0.4, 0.5) is 11.4 Å². The highest BCUT2D eigenvalue weighted by Gasteiger charge is 2.28. The van der Waals surface area contributed by atoms with E-state index in [1.54, 1.807) is 18.2 Å². The second-order valence-corrected chi connectivity index (χ2v) is 4.94. The van der Waals surface area contributed by atoms with Gasteiger partial charge in [0.25, 0.3) is 5.69 Å². The van der Waals surface area contributed by atoms with Crippen molar-refractivity contribution in [2.45, 2.75) is 6.04 Å². The minimum absolute atomic E-state index is 0.0874. The Hall–Kier alpha value is -3.15. The second-order valence-electron chi connectivity index (χ2n) is 4.94. The second kappa shape index (κ2) is 7.22. The number of non-ortho nitro benzene ring substituents is 1. The molecule has 0 radical (unpaired) electrons. The van der Waals surface area contributed by atoms with Crippen molar-refractivity contribution in [1.82, 2.24) is 0 Å². The van der Waals surface area contributed by atoms with E-state index in [1.165, 1.54) is 24.3 Å². The number of nitrogens with zero attached hydrogens (tertiary/aromatic N) is 1. The number of nitro benzene ring substituents is 1. The highest BCUT2D eigenvalue weighted by atomic mass is 16.6. The lowest BCUT2D eigenvalue weighted by Gasteiger charge is -2.24. The number of carboxylic acids is 1. The van der Waals surface area contributed by atoms with Crippen LogP contribution in [-0.2, 0) is 4.79 Å². The van der Waals surface area contributed by atoms with Crippen LogP contribution in [0.2, 0.25) is 0 Å². The Kier molecular flexibility index (Phi) is 5.09. The van der Waals surface area contributed by atoms with E-state index < -0.39 is 22.9 Å². The third-order valence-electron chi connectivity index (χ3n) is 3.43. The summed E-state index contributed by atoms with van der Waals surface area (Å²) in [5, 5.41) is 23.5. The molecule has 2 rings (SSSR count). The summed E-state index contributed by atoms with van der Waals surface area (Å²) in [6.07, 6.45) is 1.32. The third-order valence-corrected chi connectivity index (χ3v) is 3.43. The van der Waals surface area contributed by atoms with Gasteiger partial charge in [-0.2, -0.15) is 0 Å². The number of hydrogen-bond acceptors (Lipinski definition) is 4. The molecule has 2 N–H and O–H groups in total. The quantitative estimate of drug-likeness (QED) is 0.462. The van der Waals surface area contributed by atoms with Gasteiger partial charge in [0, 0.05) is 17.8 Å². The summed E-state index contributed by atoms with van der Waals surface area (Å²) < 4.78 is 0. The molecule has 23 heavy (non-hydrogen) atoms. The number of rotatable bonds is 7. The Morgan fingerprint density at radius 1 is 1.22 bits per heavy atom. The first-order chi connectivity index (χ1) is 11.0. The average molecular weight is 312 g/mol. The number of carboxylic acid groups (broad SMARTS) is 1. The van der Waals surface area contributed by atoms with Crippen molar-refractivity contribution in [1.29, 1.82) is 0 Å². The minimum Gasteiger partial charge on any atom is -0.481 e. The Balaban J connectivity index is 2.44. The van der Waals surface area contributed by atoms with Crippen molar-refractivity contribution in [2.24, 2.45) is 5.92 Å². The number of hydrogen-bond donors (Lipinski definition) is 2. The van der Waals surface area contributed by atoms with Gasteiger partial charge in [0.15, 0.2) is 0 Å². The smallest absolute Gasteiger partial charge is 0.312 e. The summed E-state index contributed by atoms with van der Waals surface area (Å²) in [5.74, 6) is -1.99. The van der Waals surface area contributed by atoms with Crippen LogP contribution in [0.1, 0.15) is 11.6 Å². The minimum atomic E-state index is -1.06. The van der Waals surface area contributed by atoms with E-state index in [2.05, 4.69) is 11.9 Å². The monoisotopic (exact) mass is 312 g/mol. The normalized spacial score (nSPS) is 12.9. The van der Waals surface area contributed by atoms with E-state index in [0.29, 0.717) is 5.56 Å². The molecule has 0 unspecified atom stereocenters. The van der Waals surface area contributed by atoms with Crippen LogP contribution in [0.25, 0.3) is 0 Å². The number of carbonyl (C=O) groups is 1. The van der Waals surface area contributed by atoms with Gasteiger partial charge >= 0.3 is 5.97 Å². The first-order valence-corrected chi connectivity index (χ1v) is 6.94. The van der Waals surface area contributed by atoms with Crippen LogP contribution in [0.3, 0.4) is 0 Å². The molecule has 0 aliphatic carbocycles. The lowest BCUT2D eigenvalue weighted by molar-refractivity contribution is -0.384. The zero-order chi connectivity index (χ0) is 16.8. The molecular formula is C17H16N2O4. The fourth-order valence-corrected chi connectivity index (χ4v) is 2.31. The van der Waals surface area contributed by atoms with Crippen molar-refractivity contribution in [3.63, 3.8) is 0 Å². The first-order valence-electron chi connectivity index (χ1n) is 6.94. The first kappa shape index (κ1) is 16.2. The molecule has 0 aromatic heterocycles. The third kappa shape index (κ3) is 3.94. The van der Waals surface area contributed by atoms with Crippen molar-refractivity contribution in [2.75, 3.05) is 5.32 Å². The highest BCUT2D eigenvalue weighted by molar-refractivity contribution is 5.74. The molecule has 6 heteroatoms. The zero-order valence-electron chi connectivity index (χ0n) is 12.3. The number of benzene rings is 2. The molecule has 0 saturated heterocycles. The molecule has 0 bridgehead atoms. The largest absolute Gasteiger partial charge is 0.481 e. The Morgan fingerprint density at radius 2 is 1.91 bits per heavy atom. The molecule has 2 aromatic carbocycles. The molecule has 2 aromatic rings. The average Bonchev–Trinajstić information content (AvgIpc) is 2.55. The predicted octanol–water partition coefficient (Wildman–Crippen LogP) is 3.63. The van der Waals surface area contributed by atoms with Gasteiger partial charge in [-0.05, 0) is 17.7 Å². The van der Waals surface area contributed by atoms with Gasteiger partial charge in [0.05, 0.1) is 16.9 Å². The molecular weight excluding hydrogens is 296 g/mol. The van der Waals surface area contributed by atoms with Gasteiger partial charge in [0.2, 0.25) is 0 Å². The molecule has 0 aliphatic heterocycles. The Labute approximate surface area is 133 Å². The standard InChI is InChI=1S/C17H16N2O4/c1-2-15(17(20)21)16(18-13-8-4-3-5-9-13)12-7-6-10-14(11-12)19(22)23/h2-11,15-16,18H,1H2,(H,20,21)/t15-,16-/m1/s1. The van der Waals surface area contributed by atoms with Crippen LogP contribution in [0.15, 0.2) is 67.3 Å². The van der Waals surface area contributed by atoms with Crippen molar-refractivity contribution in [3.05, 3.63) is 82.9 Å². The SMILES string of the molecule is C=C[C@@H](C(=O)O)[C@H](Nc1ccccc1)c1cccc([N+](=O)[O-])c1. The van der Waals surface area contributed by atoms with E-state index in [9.17, 15) is 20.0 Å². The number of aliphatic carboxylic acids is 1. The molecule has 6 nitrogen and oxygen atoms in total. The number of anilines is 1. The molecule has 0 aliphatic rings. The van der Waals surface area contributed by atoms with Gasteiger partial charge < -0.3 is 10.4 Å². The Bertz CT molecular complexity index is 716. The molecule has 0 spiro atoms. The van der Waals surface area contributed by atoms with Crippen LogP contribution in [0, 0.1) is 16.0 Å². The lowest BCUT2D eigenvalue weighted by atomic mass is 9.92. The topological polar surface area (TPSA) is 92.5 Å². The molecule has 0 amide bonds. The summed E-state index contributed by atoms with van der Waals surface area (Å²) in [6.45, 7) is 3.57. The molecule has 0 heterocycles. The maximum absolute atomic E-state index is 11.5. The van der Waals surface area contributed by atoms with Crippen molar-refractivity contribution >= 4 is 17.3 Å². The van der Waals surface area contributed by atoms with Crippen molar-refractivity contribution < 1.29 is 14.8 Å². The van der Waals surface area contributed by atoms with E-state index in [1.807, 2.05) is 18.2 Å². The maximum Gasteiger partial charge on any atom is 0.312 e. The fourth-order valence-electron chi connectivity index (χ4n) is 2.31. The predicted molar refractivity (Wildman–Crippen MR) is 87.2 cm³/mol. The van der Waals surface area contributed by atoms with E-state index in [-0.39, 0.29) is 5.69 Å². The zero-order valence-corrected chi connectivity index (χ0v) is 12.3. The molecule has 118 valence electrons. The van der Waals surface area contributed by atoms with Crippen LogP contribution >= 0.6 is 0 Å². The maximum atomic E-state index is 11.5. The number of para-hydroxylation sites is 1. The van der Waals surface area contributed by atoms with Gasteiger partial charge in [-0.25, -0.2) is 0 Å². The van der Waals surface area contributed by atoms with Gasteiger partial charge in [0.1, 0.15) is 0 Å². The summed E-state index contributed by atoms with van der Waals surface area (Å²) in [6, 6.07) is 14.3. The van der Waals surface area contributed by atoms with Crippen LogP contribution in [0.5, 0.6) is 0 Å². The van der Waals surface area contributed by atoms with Gasteiger partial charge in [-0.1, -0.05) is 36.4 Å². The van der Waals surface area contributed by atoms with E-state index in [4.69, 9.17) is 0 Å². The summed E-state index contributed by atoms with van der Waals surface area (Å²) >= 11 is 0. The number of nitrogens with one attached hydrogen (secondary N) is 1. The van der Waals surface area contributed by atoms with E-state index in [0.717, 1.165) is 5.69 Å². The van der Waals surface area contributed by atoms with Gasteiger partial charge in [-0.3, -0.25) is 14.9 Å². The molecule has 0 saturated carbocycles. The molecule has 2 atom stereocenters. The van der Waals surface area contributed by atoms with Crippen molar-refractivity contribution in [3.8, 4) is 0 Å². The van der Waals surface area contributed by atoms with Crippen LogP contribution in [-0.4, -0.2) is 16.0 Å². The highest BCUT2D eigenvalue weighted by Crippen LogP contribution is 2.30. The lowest BCUT2D eigenvalue weighted by Crippen LogP contribution is -2.26. The summed E-state index contributed by atoms with van der Waals surface area (Å²) in [7, 11) is 0.